The van der Waals surface area contributed by atoms with Crippen LogP contribution in [0.25, 0.3) is 0 Å². The molecule has 2 heterocycles. The fourth-order valence-corrected chi connectivity index (χ4v) is 2.11. The molecule has 0 amide bonds. The van der Waals surface area contributed by atoms with Crippen LogP contribution in [-0.4, -0.2) is 4.98 Å². The van der Waals surface area contributed by atoms with Crippen molar-refractivity contribution in [2.75, 3.05) is 0 Å². The van der Waals surface area contributed by atoms with Gasteiger partial charge in [-0.1, -0.05) is 18.7 Å². The Balaban J connectivity index is 1.98. The number of thioether (sulfide) groups is 1. The predicted octanol–water partition coefficient (Wildman–Crippen LogP) is 3.53. The van der Waals surface area contributed by atoms with Crippen LogP contribution in [0.5, 0.6) is 0 Å². The van der Waals surface area contributed by atoms with E-state index in [1.165, 1.54) is 5.56 Å². The number of aryl methyl sites for hydroxylation is 1. The number of nitrogens with zero attached hydrogens (tertiary/aromatic N) is 1. The van der Waals surface area contributed by atoms with Gasteiger partial charge in [-0.05, 0) is 36.2 Å². The van der Waals surface area contributed by atoms with E-state index in [2.05, 4.69) is 24.0 Å². The second kappa shape index (κ2) is 5.03. The van der Waals surface area contributed by atoms with Gasteiger partial charge in [0.15, 0.2) is 0 Å². The Morgan fingerprint density at radius 2 is 2.33 bits per heavy atom. The summed E-state index contributed by atoms with van der Waals surface area (Å²) < 4.78 is 5.26. The molecule has 0 saturated carbocycles. The molecular weight excluding hydrogens is 206 g/mol. The highest BCUT2D eigenvalue weighted by atomic mass is 32.2. The van der Waals surface area contributed by atoms with E-state index in [1.54, 1.807) is 18.0 Å². The lowest BCUT2D eigenvalue weighted by molar-refractivity contribution is 0.530. The fraction of sp³-hybridized carbons (Fsp3) is 0.250. The largest absolute Gasteiger partial charge is 0.468 e. The molecule has 0 atom stereocenters. The molecule has 2 aromatic rings. The lowest BCUT2D eigenvalue weighted by Crippen LogP contribution is -1.85. The van der Waals surface area contributed by atoms with Crippen LogP contribution >= 0.6 is 11.8 Å². The maximum atomic E-state index is 5.26. The van der Waals surface area contributed by atoms with Crippen LogP contribution < -0.4 is 0 Å². The molecular formula is C12H13NOS. The standard InChI is InChI=1S/C12H13NOS/c1-2-10-5-6-13-12(8-10)15-9-11-4-3-7-14-11/h3-8H,2,9H2,1H3. The maximum absolute atomic E-state index is 5.26. The molecule has 0 radical (unpaired) electrons. The highest BCUT2D eigenvalue weighted by Gasteiger charge is 2.00. The molecule has 0 N–H and O–H groups in total. The number of aromatic nitrogens is 1. The van der Waals surface area contributed by atoms with Crippen LogP contribution in [0.2, 0.25) is 0 Å². The van der Waals surface area contributed by atoms with Gasteiger partial charge in [0, 0.05) is 6.20 Å². The summed E-state index contributed by atoms with van der Waals surface area (Å²) >= 11 is 1.70. The summed E-state index contributed by atoms with van der Waals surface area (Å²) in [7, 11) is 0. The fourth-order valence-electron chi connectivity index (χ4n) is 1.29. The third-order valence-corrected chi connectivity index (χ3v) is 3.10. The summed E-state index contributed by atoms with van der Waals surface area (Å²) in [5, 5.41) is 1.06. The lowest BCUT2D eigenvalue weighted by atomic mass is 10.2. The topological polar surface area (TPSA) is 26.0 Å². The number of hydrogen-bond acceptors (Lipinski definition) is 3. The molecule has 3 heteroatoms. The van der Waals surface area contributed by atoms with Gasteiger partial charge < -0.3 is 4.42 Å². The first kappa shape index (κ1) is 10.3. The zero-order valence-corrected chi connectivity index (χ0v) is 9.46. The Bertz CT molecular complexity index is 411. The molecule has 0 aliphatic carbocycles. The molecule has 0 fully saturated rings. The zero-order chi connectivity index (χ0) is 10.5. The van der Waals surface area contributed by atoms with Crippen LogP contribution in [-0.2, 0) is 12.2 Å². The number of pyridine rings is 1. The molecule has 0 saturated heterocycles. The highest BCUT2D eigenvalue weighted by molar-refractivity contribution is 7.98. The van der Waals surface area contributed by atoms with Crippen molar-refractivity contribution in [3.63, 3.8) is 0 Å². The van der Waals surface area contributed by atoms with Crippen molar-refractivity contribution in [3.8, 4) is 0 Å². The SMILES string of the molecule is CCc1ccnc(SCc2ccco2)c1. The van der Waals surface area contributed by atoms with Crippen LogP contribution in [0.4, 0.5) is 0 Å². The van der Waals surface area contributed by atoms with Crippen molar-refractivity contribution in [1.29, 1.82) is 0 Å². The molecule has 2 rings (SSSR count). The van der Waals surface area contributed by atoms with Crippen LogP contribution in [0.1, 0.15) is 18.2 Å². The van der Waals surface area contributed by atoms with Gasteiger partial charge in [-0.3, -0.25) is 0 Å². The Morgan fingerprint density at radius 3 is 3.07 bits per heavy atom. The first-order valence-electron chi connectivity index (χ1n) is 4.98. The van der Waals surface area contributed by atoms with Gasteiger partial charge >= 0.3 is 0 Å². The molecule has 15 heavy (non-hydrogen) atoms. The minimum Gasteiger partial charge on any atom is -0.468 e. The van der Waals surface area contributed by atoms with Gasteiger partial charge in [0.2, 0.25) is 0 Å². The van der Waals surface area contributed by atoms with Crippen LogP contribution in [0.15, 0.2) is 46.2 Å². The molecule has 0 aliphatic rings. The molecule has 78 valence electrons. The van der Waals surface area contributed by atoms with Crippen molar-refractivity contribution in [2.45, 2.75) is 24.1 Å². The number of rotatable bonds is 4. The Hall–Kier alpha value is -1.22. The van der Waals surface area contributed by atoms with Gasteiger partial charge in [-0.15, -0.1) is 0 Å². The summed E-state index contributed by atoms with van der Waals surface area (Å²) in [5.41, 5.74) is 1.33. The third kappa shape index (κ3) is 2.86. The van der Waals surface area contributed by atoms with E-state index in [4.69, 9.17) is 4.42 Å². The summed E-state index contributed by atoms with van der Waals surface area (Å²) in [6.07, 6.45) is 4.62. The summed E-state index contributed by atoms with van der Waals surface area (Å²) in [6, 6.07) is 8.08. The predicted molar refractivity (Wildman–Crippen MR) is 61.9 cm³/mol. The normalized spacial score (nSPS) is 10.5. The minimum atomic E-state index is 0.840. The highest BCUT2D eigenvalue weighted by Crippen LogP contribution is 2.21. The molecule has 2 aromatic heterocycles. The molecule has 0 spiro atoms. The lowest BCUT2D eigenvalue weighted by Gasteiger charge is -2.00. The van der Waals surface area contributed by atoms with E-state index < -0.39 is 0 Å². The minimum absolute atomic E-state index is 0.840. The Morgan fingerprint density at radius 1 is 1.40 bits per heavy atom. The average Bonchev–Trinajstić information content (AvgIpc) is 2.79. The molecule has 0 unspecified atom stereocenters. The average molecular weight is 219 g/mol. The van der Waals surface area contributed by atoms with Crippen molar-refractivity contribution < 1.29 is 4.42 Å². The summed E-state index contributed by atoms with van der Waals surface area (Å²) in [4.78, 5) is 4.31. The van der Waals surface area contributed by atoms with E-state index in [1.807, 2.05) is 18.3 Å². The van der Waals surface area contributed by atoms with Crippen molar-refractivity contribution in [2.24, 2.45) is 0 Å². The summed E-state index contributed by atoms with van der Waals surface area (Å²) in [6.45, 7) is 2.15. The van der Waals surface area contributed by atoms with Crippen molar-refractivity contribution >= 4 is 11.8 Å². The monoisotopic (exact) mass is 219 g/mol. The smallest absolute Gasteiger partial charge is 0.114 e. The summed E-state index contributed by atoms with van der Waals surface area (Å²) in [5.74, 6) is 1.83. The van der Waals surface area contributed by atoms with Gasteiger partial charge in [0.1, 0.15) is 5.76 Å². The van der Waals surface area contributed by atoms with Gasteiger partial charge in [-0.2, -0.15) is 0 Å². The number of hydrogen-bond donors (Lipinski definition) is 0. The zero-order valence-electron chi connectivity index (χ0n) is 8.64. The van der Waals surface area contributed by atoms with Crippen LogP contribution in [0.3, 0.4) is 0 Å². The molecule has 0 bridgehead atoms. The van der Waals surface area contributed by atoms with E-state index >= 15 is 0 Å². The van der Waals surface area contributed by atoms with Gasteiger partial charge in [0.25, 0.3) is 0 Å². The Labute approximate surface area is 93.7 Å². The first-order valence-corrected chi connectivity index (χ1v) is 5.97. The first-order chi connectivity index (χ1) is 7.38. The van der Waals surface area contributed by atoms with E-state index in [0.29, 0.717) is 0 Å². The van der Waals surface area contributed by atoms with E-state index in [-0.39, 0.29) is 0 Å². The Kier molecular flexibility index (Phi) is 3.45. The molecule has 2 nitrogen and oxygen atoms in total. The van der Waals surface area contributed by atoms with Crippen molar-refractivity contribution in [1.82, 2.24) is 4.98 Å². The molecule has 0 aliphatic heterocycles. The second-order valence-corrected chi connectivity index (χ2v) is 4.22. The van der Waals surface area contributed by atoms with Gasteiger partial charge in [-0.25, -0.2) is 4.98 Å². The quantitative estimate of drug-likeness (QED) is 0.736. The maximum Gasteiger partial charge on any atom is 0.114 e. The van der Waals surface area contributed by atoms with Crippen molar-refractivity contribution in [3.05, 3.63) is 48.0 Å². The van der Waals surface area contributed by atoms with E-state index in [0.717, 1.165) is 23.0 Å². The second-order valence-electron chi connectivity index (χ2n) is 3.22. The number of furan rings is 1. The third-order valence-electron chi connectivity index (χ3n) is 2.15. The van der Waals surface area contributed by atoms with Crippen LogP contribution in [0, 0.1) is 0 Å². The molecule has 0 aromatic carbocycles. The van der Waals surface area contributed by atoms with Gasteiger partial charge in [0.05, 0.1) is 17.0 Å². The van der Waals surface area contributed by atoms with E-state index in [9.17, 15) is 0 Å².